The van der Waals surface area contributed by atoms with E-state index < -0.39 is 46.7 Å². The van der Waals surface area contributed by atoms with Gasteiger partial charge in [-0.3, -0.25) is 28.8 Å². The number of nitrogens with two attached hydrogens (primary N) is 2. The molecular formula is C79H118N8O9S2. The topological polar surface area (TPSA) is 249 Å². The van der Waals surface area contributed by atoms with E-state index in [9.17, 15) is 33.6 Å². The third kappa shape index (κ3) is 32.1. The van der Waals surface area contributed by atoms with Gasteiger partial charge < -0.3 is 51.9 Å². The van der Waals surface area contributed by atoms with Crippen LogP contribution in [0.4, 0.5) is 4.79 Å². The number of likely N-dealkylation sites (N-methyl/N-ethyl adjacent to an activating group) is 2. The quantitative estimate of drug-likeness (QED) is 0.0138. The first-order valence-electron chi connectivity index (χ1n) is 34.1. The normalized spacial score (nSPS) is 12.0. The Hall–Kier alpha value is -7.33. The molecule has 0 fully saturated rings. The average molecular weight is 1390 g/mol. The SMILES string of the molecule is CC.CC.CC[C@H](CC(=O)CCCN(C)C)C(=O)O.CC[C@H](CC(=O)CCCN(C)C)C(=O)O.CN(C)CCN.CN(C)CCNC(=O)N[C@@H](CS)C(=O)C(c1ccccc1)(c1ccccc1)c1ccccc1.N[C@@H](CS)C(=O)C(c1ccccc1)(c1ccccc1)c1ccccc1. The second kappa shape index (κ2) is 52.7. The summed E-state index contributed by atoms with van der Waals surface area (Å²) in [4.78, 5) is 92.9. The number of ketones is 4. The second-order valence-electron chi connectivity index (χ2n) is 23.9. The van der Waals surface area contributed by atoms with E-state index in [-0.39, 0.29) is 47.8 Å². The molecule has 0 heterocycles. The number of nitrogens with zero attached hydrogens (tertiary/aromatic N) is 4. The molecule has 2 amide bonds. The van der Waals surface area contributed by atoms with Crippen LogP contribution in [0.3, 0.4) is 0 Å². The molecule has 0 aliphatic carbocycles. The molecular weight excluding hydrogens is 1270 g/mol. The van der Waals surface area contributed by atoms with E-state index in [0.717, 1.165) is 72.4 Å². The van der Waals surface area contributed by atoms with Gasteiger partial charge in [0.15, 0.2) is 11.6 Å². The predicted molar refractivity (Wildman–Crippen MR) is 411 cm³/mol. The zero-order chi connectivity index (χ0) is 74.1. The van der Waals surface area contributed by atoms with Gasteiger partial charge in [-0.05, 0) is 129 Å². The molecule has 0 aromatic heterocycles. The summed E-state index contributed by atoms with van der Waals surface area (Å²) in [5.74, 6) is -2.32. The summed E-state index contributed by atoms with van der Waals surface area (Å²) >= 11 is 8.73. The van der Waals surface area contributed by atoms with Gasteiger partial charge in [-0.1, -0.05) is 224 Å². The van der Waals surface area contributed by atoms with Gasteiger partial charge in [0.05, 0.1) is 23.9 Å². The molecule has 540 valence electrons. The van der Waals surface area contributed by atoms with Crippen LogP contribution >= 0.6 is 25.3 Å². The molecule has 17 nitrogen and oxygen atoms in total. The lowest BCUT2D eigenvalue weighted by Gasteiger charge is -2.37. The van der Waals surface area contributed by atoms with E-state index in [1.807, 2.05) is 281 Å². The molecule has 6 aromatic carbocycles. The summed E-state index contributed by atoms with van der Waals surface area (Å²) in [7, 11) is 15.7. The number of Topliss-reactive ketones (excluding diaryl/α,β-unsaturated/α-hetero) is 4. The number of urea groups is 1. The number of amides is 2. The number of thiol groups is 2. The Morgan fingerprint density at radius 1 is 0.439 bits per heavy atom. The molecule has 0 saturated heterocycles. The van der Waals surface area contributed by atoms with Crippen LogP contribution in [0.1, 0.15) is 126 Å². The Kier molecular flexibility index (Phi) is 48.8. The monoisotopic (exact) mass is 1390 g/mol. The van der Waals surface area contributed by atoms with Crippen molar-refractivity contribution in [2.75, 3.05) is 107 Å². The van der Waals surface area contributed by atoms with E-state index in [1.54, 1.807) is 13.8 Å². The van der Waals surface area contributed by atoms with Crippen LogP contribution in [0, 0.1) is 11.8 Å². The molecule has 6 rings (SSSR count). The smallest absolute Gasteiger partial charge is 0.315 e. The van der Waals surface area contributed by atoms with E-state index in [2.05, 4.69) is 40.8 Å². The largest absolute Gasteiger partial charge is 0.481 e. The molecule has 0 unspecified atom stereocenters. The fraction of sp³-hybridized carbons (Fsp3) is 0.456. The minimum Gasteiger partial charge on any atom is -0.481 e. The van der Waals surface area contributed by atoms with Crippen molar-refractivity contribution in [3.05, 3.63) is 215 Å². The van der Waals surface area contributed by atoms with Crippen molar-refractivity contribution < 1.29 is 43.8 Å². The highest BCUT2D eigenvalue weighted by Crippen LogP contribution is 2.42. The first-order chi connectivity index (χ1) is 46.9. The van der Waals surface area contributed by atoms with Crippen LogP contribution in [-0.2, 0) is 39.6 Å². The molecule has 4 atom stereocenters. The summed E-state index contributed by atoms with van der Waals surface area (Å²) in [5, 5.41) is 23.2. The average Bonchev–Trinajstić information content (AvgIpc) is 0.749. The molecule has 98 heavy (non-hydrogen) atoms. The number of rotatable bonds is 34. The Bertz CT molecular complexity index is 2860. The third-order valence-electron chi connectivity index (χ3n) is 15.5. The van der Waals surface area contributed by atoms with Crippen LogP contribution in [-0.4, -0.2) is 190 Å². The summed E-state index contributed by atoms with van der Waals surface area (Å²) in [6.45, 7) is 16.3. The number of benzene rings is 6. The maximum absolute atomic E-state index is 14.4. The van der Waals surface area contributed by atoms with Crippen molar-refractivity contribution in [1.82, 2.24) is 30.2 Å². The van der Waals surface area contributed by atoms with Crippen LogP contribution in [0.5, 0.6) is 0 Å². The van der Waals surface area contributed by atoms with E-state index in [1.165, 1.54) is 0 Å². The van der Waals surface area contributed by atoms with Gasteiger partial charge in [0, 0.05) is 63.4 Å². The van der Waals surface area contributed by atoms with Crippen molar-refractivity contribution in [1.29, 1.82) is 0 Å². The van der Waals surface area contributed by atoms with Gasteiger partial charge >= 0.3 is 18.0 Å². The molecule has 0 bridgehead atoms. The number of nitrogens with one attached hydrogen (secondary N) is 2. The number of carbonyl (C=O) groups excluding carboxylic acids is 5. The molecule has 6 aromatic rings. The van der Waals surface area contributed by atoms with Crippen LogP contribution in [0.25, 0.3) is 0 Å². The standard InChI is InChI=1S/C27H31N3O2S.C22H21NOS.2C11H21NO3.C4H12N2.2C2H6/c1-30(2)19-18-28-26(32)29-24(20-33)25(31)27(21-12-6-3-7-13-21,22-14-8-4-9-15-22)23-16-10-5-11-17-23;23-20(16-25)21(24)22(17-10-4-1-5-11-17,18-12-6-2-7-13-18)19-14-8-3-9-15-19;2*1-4-9(11(14)15)8-10(13)6-5-7-12(2)3;1-6(2)4-3-5;2*1-2/h3-17,24,33H,18-20H2,1-2H3,(H2,28,29,32);1-15,20,25H,16,23H2;2*9H,4-8H2,1-3H3,(H,14,15);3-5H2,1-2H3;2*1-2H3/t24-;20-;2*9-;;;/m0011.../s1. The first kappa shape index (κ1) is 90.7. The summed E-state index contributed by atoms with van der Waals surface area (Å²) < 4.78 is 0. The molecule has 0 aliphatic heterocycles. The maximum Gasteiger partial charge on any atom is 0.315 e. The fourth-order valence-corrected chi connectivity index (χ4v) is 10.8. The number of carboxylic acids is 2. The molecule has 0 aliphatic rings. The highest BCUT2D eigenvalue weighted by Gasteiger charge is 2.47. The minimum absolute atomic E-state index is 0.0499. The first-order valence-corrected chi connectivity index (χ1v) is 35.4. The number of hydrogen-bond donors (Lipinski definition) is 8. The fourth-order valence-electron chi connectivity index (χ4n) is 10.4. The summed E-state index contributed by atoms with van der Waals surface area (Å²) in [6, 6.07) is 56.8. The van der Waals surface area contributed by atoms with Gasteiger partial charge in [-0.25, -0.2) is 4.79 Å². The maximum atomic E-state index is 14.4. The van der Waals surface area contributed by atoms with Crippen molar-refractivity contribution in [3.8, 4) is 0 Å². The van der Waals surface area contributed by atoms with Gasteiger partial charge in [0.2, 0.25) is 0 Å². The summed E-state index contributed by atoms with van der Waals surface area (Å²) in [5.41, 5.74) is 14.6. The van der Waals surface area contributed by atoms with E-state index >= 15 is 0 Å². The van der Waals surface area contributed by atoms with Crippen molar-refractivity contribution >= 4 is 66.4 Å². The highest BCUT2D eigenvalue weighted by atomic mass is 32.1. The van der Waals surface area contributed by atoms with Gasteiger partial charge in [0.25, 0.3) is 0 Å². The lowest BCUT2D eigenvalue weighted by molar-refractivity contribution is -0.144. The van der Waals surface area contributed by atoms with E-state index in [0.29, 0.717) is 44.5 Å². The Labute approximate surface area is 598 Å². The minimum atomic E-state index is -1.10. The second-order valence-corrected chi connectivity index (χ2v) is 24.7. The van der Waals surface area contributed by atoms with Gasteiger partial charge in [-0.2, -0.15) is 25.3 Å². The van der Waals surface area contributed by atoms with Crippen molar-refractivity contribution in [2.45, 2.75) is 116 Å². The number of carbonyl (C=O) groups is 7. The number of carboxylic acid groups (broad SMARTS) is 2. The lowest BCUT2D eigenvalue weighted by atomic mass is 9.65. The Balaban J connectivity index is 0.00000128. The molecule has 0 radical (unpaired) electrons. The van der Waals surface area contributed by atoms with Crippen molar-refractivity contribution in [2.24, 2.45) is 23.3 Å². The Morgan fingerprint density at radius 2 is 0.714 bits per heavy atom. The van der Waals surface area contributed by atoms with Crippen LogP contribution in [0.15, 0.2) is 182 Å². The number of hydrogen-bond acceptors (Lipinski definition) is 15. The van der Waals surface area contributed by atoms with E-state index in [4.69, 9.17) is 21.7 Å². The zero-order valence-corrected chi connectivity index (χ0v) is 62.8. The van der Waals surface area contributed by atoms with Gasteiger partial charge in [-0.15, -0.1) is 0 Å². The van der Waals surface area contributed by atoms with Crippen LogP contribution in [0.2, 0.25) is 0 Å². The zero-order valence-electron chi connectivity index (χ0n) is 61.0. The molecule has 0 saturated carbocycles. The number of aliphatic carboxylic acids is 2. The molecule has 0 spiro atoms. The highest BCUT2D eigenvalue weighted by molar-refractivity contribution is 7.80. The Morgan fingerprint density at radius 3 is 0.929 bits per heavy atom. The third-order valence-corrected chi connectivity index (χ3v) is 16.3. The lowest BCUT2D eigenvalue weighted by Crippen LogP contribution is -2.54. The molecule has 8 N–H and O–H groups in total. The predicted octanol–water partition coefficient (Wildman–Crippen LogP) is 12.0. The van der Waals surface area contributed by atoms with Crippen molar-refractivity contribution in [3.63, 3.8) is 0 Å². The summed E-state index contributed by atoms with van der Waals surface area (Å²) in [6.07, 6.45) is 4.00. The van der Waals surface area contributed by atoms with Gasteiger partial charge in [0.1, 0.15) is 22.4 Å². The van der Waals surface area contributed by atoms with Crippen LogP contribution < -0.4 is 22.1 Å². The molecule has 19 heteroatoms.